The van der Waals surface area contributed by atoms with Crippen molar-refractivity contribution in [3.8, 4) is 0 Å². The molecule has 4 rings (SSSR count). The summed E-state index contributed by atoms with van der Waals surface area (Å²) in [5, 5.41) is 6.75. The summed E-state index contributed by atoms with van der Waals surface area (Å²) in [6.45, 7) is 3.30. The maximum atomic E-state index is 13.0. The van der Waals surface area contributed by atoms with Crippen LogP contribution < -0.4 is 0 Å². The van der Waals surface area contributed by atoms with Gasteiger partial charge in [0, 0.05) is 32.1 Å². The number of hydrogen-bond donors (Lipinski definition) is 1. The van der Waals surface area contributed by atoms with Gasteiger partial charge in [0.1, 0.15) is 5.69 Å². The normalized spacial score (nSPS) is 25.3. The van der Waals surface area contributed by atoms with Crippen LogP contribution in [0, 0.1) is 18.3 Å². The zero-order chi connectivity index (χ0) is 18.3. The maximum Gasteiger partial charge on any atom is 0.272 e. The van der Waals surface area contributed by atoms with Crippen molar-refractivity contribution in [2.45, 2.75) is 64.3 Å². The second kappa shape index (κ2) is 6.71. The molecule has 1 aliphatic heterocycles. The third-order valence-electron chi connectivity index (χ3n) is 7.16. The van der Waals surface area contributed by atoms with Crippen LogP contribution >= 0.6 is 0 Å². The standard InChI is InChI=1S/C20H30N4O2/c1-14-13-21-22-17(14)19(26)24-10-5-16(6-11-24)23(2)18(25)15-4-9-20(12-15)7-3-8-20/h13,15-16H,3-12H2,1-2H3,(H,21,22). The van der Waals surface area contributed by atoms with Crippen LogP contribution in [-0.4, -0.2) is 58.0 Å². The zero-order valence-electron chi connectivity index (χ0n) is 16.0. The Hall–Kier alpha value is -1.85. The van der Waals surface area contributed by atoms with E-state index in [2.05, 4.69) is 10.2 Å². The second-order valence-corrected chi connectivity index (χ2v) is 8.69. The lowest BCUT2D eigenvalue weighted by Crippen LogP contribution is -2.48. The first kappa shape index (κ1) is 17.6. The van der Waals surface area contributed by atoms with Crippen LogP contribution in [0.3, 0.4) is 0 Å². The fraction of sp³-hybridized carbons (Fsp3) is 0.750. The summed E-state index contributed by atoms with van der Waals surface area (Å²) in [7, 11) is 1.97. The van der Waals surface area contributed by atoms with Gasteiger partial charge in [-0.05, 0) is 62.8 Å². The number of aromatic nitrogens is 2. The molecule has 1 unspecified atom stereocenters. The van der Waals surface area contributed by atoms with Crippen LogP contribution in [0.1, 0.15) is 67.4 Å². The molecule has 142 valence electrons. The number of carbonyl (C=O) groups is 2. The van der Waals surface area contributed by atoms with Crippen molar-refractivity contribution in [1.82, 2.24) is 20.0 Å². The number of aromatic amines is 1. The number of nitrogens with one attached hydrogen (secondary N) is 1. The number of aryl methyl sites for hydroxylation is 1. The van der Waals surface area contributed by atoms with Crippen LogP contribution in [0.2, 0.25) is 0 Å². The molecule has 1 spiro atoms. The molecule has 3 fully saturated rings. The SMILES string of the molecule is Cc1cn[nH]c1C(=O)N1CCC(N(C)C(=O)C2CCC3(CCC3)C2)CC1. The molecule has 0 bridgehead atoms. The van der Waals surface area contributed by atoms with Crippen LogP contribution in [0.15, 0.2) is 6.20 Å². The molecule has 1 aromatic rings. The fourth-order valence-corrected chi connectivity index (χ4v) is 5.19. The predicted molar refractivity (Wildman–Crippen MR) is 98.6 cm³/mol. The van der Waals surface area contributed by atoms with Crippen LogP contribution in [-0.2, 0) is 4.79 Å². The molecule has 2 aliphatic carbocycles. The van der Waals surface area contributed by atoms with E-state index in [0.717, 1.165) is 31.2 Å². The molecule has 1 atom stereocenters. The highest BCUT2D eigenvalue weighted by Gasteiger charge is 2.46. The summed E-state index contributed by atoms with van der Waals surface area (Å²) in [5.74, 6) is 0.589. The van der Waals surface area contributed by atoms with Gasteiger partial charge in [0.2, 0.25) is 5.91 Å². The Morgan fingerprint density at radius 2 is 1.96 bits per heavy atom. The van der Waals surface area contributed by atoms with E-state index in [1.807, 2.05) is 23.8 Å². The van der Waals surface area contributed by atoms with E-state index in [1.165, 1.54) is 25.7 Å². The molecule has 0 radical (unpaired) electrons. The molecule has 6 heteroatoms. The number of piperidine rings is 1. The summed E-state index contributed by atoms with van der Waals surface area (Å²) < 4.78 is 0. The number of rotatable bonds is 3. The summed E-state index contributed by atoms with van der Waals surface area (Å²) in [4.78, 5) is 29.4. The van der Waals surface area contributed by atoms with Gasteiger partial charge in [-0.3, -0.25) is 14.7 Å². The largest absolute Gasteiger partial charge is 0.342 e. The second-order valence-electron chi connectivity index (χ2n) is 8.69. The molecule has 1 N–H and O–H groups in total. The molecular weight excluding hydrogens is 328 g/mol. The highest BCUT2D eigenvalue weighted by atomic mass is 16.2. The van der Waals surface area contributed by atoms with E-state index >= 15 is 0 Å². The summed E-state index contributed by atoms with van der Waals surface area (Å²) in [6, 6.07) is 0.257. The Kier molecular flexibility index (Phi) is 4.53. The minimum Gasteiger partial charge on any atom is -0.342 e. The molecule has 2 heterocycles. The van der Waals surface area contributed by atoms with Crippen LogP contribution in [0.4, 0.5) is 0 Å². The van der Waals surface area contributed by atoms with E-state index in [9.17, 15) is 9.59 Å². The topological polar surface area (TPSA) is 69.3 Å². The zero-order valence-corrected chi connectivity index (χ0v) is 16.0. The van der Waals surface area contributed by atoms with Crippen molar-refractivity contribution >= 4 is 11.8 Å². The Balaban J connectivity index is 1.31. The van der Waals surface area contributed by atoms with Crippen molar-refractivity contribution in [2.75, 3.05) is 20.1 Å². The van der Waals surface area contributed by atoms with Crippen molar-refractivity contribution in [3.63, 3.8) is 0 Å². The highest BCUT2D eigenvalue weighted by molar-refractivity contribution is 5.93. The van der Waals surface area contributed by atoms with E-state index < -0.39 is 0 Å². The van der Waals surface area contributed by atoms with Gasteiger partial charge < -0.3 is 9.80 Å². The van der Waals surface area contributed by atoms with E-state index in [4.69, 9.17) is 0 Å². The summed E-state index contributed by atoms with van der Waals surface area (Å²) in [5.41, 5.74) is 1.99. The minimum atomic E-state index is 0.0233. The first-order valence-corrected chi connectivity index (χ1v) is 10.0. The lowest BCUT2D eigenvalue weighted by Gasteiger charge is -2.39. The molecule has 2 amide bonds. The molecule has 3 aliphatic rings. The summed E-state index contributed by atoms with van der Waals surface area (Å²) in [6.07, 6.45) is 10.8. The van der Waals surface area contributed by atoms with Gasteiger partial charge in [-0.1, -0.05) is 6.42 Å². The monoisotopic (exact) mass is 358 g/mol. The van der Waals surface area contributed by atoms with E-state index in [0.29, 0.717) is 30.1 Å². The molecule has 2 saturated carbocycles. The van der Waals surface area contributed by atoms with Crippen LogP contribution in [0.5, 0.6) is 0 Å². The summed E-state index contributed by atoms with van der Waals surface area (Å²) >= 11 is 0. The average molecular weight is 358 g/mol. The Morgan fingerprint density at radius 1 is 1.23 bits per heavy atom. The fourth-order valence-electron chi connectivity index (χ4n) is 5.19. The predicted octanol–water partition coefficient (Wildman–Crippen LogP) is 2.75. The van der Waals surface area contributed by atoms with Gasteiger partial charge in [0.05, 0.1) is 6.20 Å². The first-order valence-electron chi connectivity index (χ1n) is 10.0. The Morgan fingerprint density at radius 3 is 2.50 bits per heavy atom. The van der Waals surface area contributed by atoms with Crippen molar-refractivity contribution < 1.29 is 9.59 Å². The van der Waals surface area contributed by atoms with Crippen molar-refractivity contribution in [1.29, 1.82) is 0 Å². The lowest BCUT2D eigenvalue weighted by atomic mass is 9.67. The lowest BCUT2D eigenvalue weighted by molar-refractivity contribution is -0.137. The van der Waals surface area contributed by atoms with Gasteiger partial charge in [-0.2, -0.15) is 5.10 Å². The molecule has 1 aromatic heterocycles. The smallest absolute Gasteiger partial charge is 0.272 e. The maximum absolute atomic E-state index is 13.0. The van der Waals surface area contributed by atoms with E-state index in [1.54, 1.807) is 6.20 Å². The van der Waals surface area contributed by atoms with Gasteiger partial charge >= 0.3 is 0 Å². The number of likely N-dealkylation sites (tertiary alicyclic amines) is 1. The number of H-pyrrole nitrogens is 1. The van der Waals surface area contributed by atoms with Gasteiger partial charge in [-0.15, -0.1) is 0 Å². The molecule has 6 nitrogen and oxygen atoms in total. The average Bonchev–Trinajstić information content (AvgIpc) is 3.26. The number of carbonyl (C=O) groups excluding carboxylic acids is 2. The molecule has 1 saturated heterocycles. The Labute approximate surface area is 155 Å². The van der Waals surface area contributed by atoms with E-state index in [-0.39, 0.29) is 17.9 Å². The number of nitrogens with zero attached hydrogens (tertiary/aromatic N) is 3. The van der Waals surface area contributed by atoms with Gasteiger partial charge in [0.25, 0.3) is 5.91 Å². The third-order valence-corrected chi connectivity index (χ3v) is 7.16. The highest BCUT2D eigenvalue weighted by Crippen LogP contribution is 2.55. The van der Waals surface area contributed by atoms with Crippen molar-refractivity contribution in [2.24, 2.45) is 11.3 Å². The Bertz CT molecular complexity index is 686. The number of hydrogen-bond acceptors (Lipinski definition) is 3. The van der Waals surface area contributed by atoms with Crippen LogP contribution in [0.25, 0.3) is 0 Å². The molecule has 0 aromatic carbocycles. The van der Waals surface area contributed by atoms with Crippen molar-refractivity contribution in [3.05, 3.63) is 17.5 Å². The van der Waals surface area contributed by atoms with Gasteiger partial charge in [0.15, 0.2) is 0 Å². The first-order chi connectivity index (χ1) is 12.5. The quantitative estimate of drug-likeness (QED) is 0.903. The number of amides is 2. The minimum absolute atomic E-state index is 0.0233. The van der Waals surface area contributed by atoms with Gasteiger partial charge in [-0.25, -0.2) is 0 Å². The molecular formula is C20H30N4O2. The third kappa shape index (κ3) is 3.03. The molecule has 26 heavy (non-hydrogen) atoms.